The van der Waals surface area contributed by atoms with Crippen LogP contribution in [0.1, 0.15) is 15.9 Å². The summed E-state index contributed by atoms with van der Waals surface area (Å²) in [6.45, 7) is 2.25. The van der Waals surface area contributed by atoms with E-state index in [0.717, 1.165) is 11.8 Å². The van der Waals surface area contributed by atoms with Crippen molar-refractivity contribution in [3.63, 3.8) is 0 Å². The molecule has 0 atom stereocenters. The predicted octanol–water partition coefficient (Wildman–Crippen LogP) is 2.20. The normalized spacial score (nSPS) is 11.0. The third kappa shape index (κ3) is 5.22. The molecule has 0 saturated heterocycles. The molecule has 0 spiro atoms. The number of carbonyl (C=O) groups excluding carboxylic acids is 1. The van der Waals surface area contributed by atoms with Gasteiger partial charge >= 0.3 is 0 Å². The van der Waals surface area contributed by atoms with Crippen LogP contribution in [0.15, 0.2) is 48.5 Å². The zero-order chi connectivity index (χ0) is 18.4. The van der Waals surface area contributed by atoms with Crippen molar-refractivity contribution in [1.82, 2.24) is 5.32 Å². The highest BCUT2D eigenvalue weighted by Crippen LogP contribution is 2.21. The van der Waals surface area contributed by atoms with E-state index in [-0.39, 0.29) is 19.0 Å². The molecule has 0 radical (unpaired) electrons. The molecule has 2 aromatic rings. The van der Waals surface area contributed by atoms with E-state index in [2.05, 4.69) is 5.32 Å². The van der Waals surface area contributed by atoms with Gasteiger partial charge in [0, 0.05) is 12.1 Å². The van der Waals surface area contributed by atoms with Gasteiger partial charge in [-0.25, -0.2) is 8.42 Å². The summed E-state index contributed by atoms with van der Waals surface area (Å²) in [4.78, 5) is 12.2. The van der Waals surface area contributed by atoms with Gasteiger partial charge in [0.25, 0.3) is 5.91 Å². The van der Waals surface area contributed by atoms with Crippen LogP contribution in [0.2, 0.25) is 0 Å². The molecule has 1 N–H and O–H groups in total. The number of methoxy groups -OCH3 is 1. The summed E-state index contributed by atoms with van der Waals surface area (Å²) in [5.41, 5.74) is 2.06. The minimum absolute atomic E-state index is 0.142. The molecule has 0 fully saturated rings. The summed E-state index contributed by atoms with van der Waals surface area (Å²) < 4.78 is 30.5. The van der Waals surface area contributed by atoms with Crippen LogP contribution in [-0.4, -0.2) is 40.8 Å². The smallest absolute Gasteiger partial charge is 0.251 e. The Kier molecular flexibility index (Phi) is 6.03. The van der Waals surface area contributed by atoms with Crippen LogP contribution < -0.4 is 14.4 Å². The maximum absolute atomic E-state index is 12.2. The molecule has 2 aromatic carbocycles. The van der Waals surface area contributed by atoms with Gasteiger partial charge in [0.05, 0.1) is 25.6 Å². The summed E-state index contributed by atoms with van der Waals surface area (Å²) in [5.74, 6) is 0.414. The summed E-state index contributed by atoms with van der Waals surface area (Å²) in [5, 5.41) is 2.75. The van der Waals surface area contributed by atoms with E-state index in [1.54, 1.807) is 43.5 Å². The number of benzene rings is 2. The molecule has 6 nitrogen and oxygen atoms in total. The molecular weight excluding hydrogens is 340 g/mol. The van der Waals surface area contributed by atoms with E-state index in [1.807, 2.05) is 19.1 Å². The standard InChI is InChI=1S/C18H22N2O4S/c1-14-5-4-6-15(13-14)18(21)19-11-12-20(25(3,22)23)16-7-9-17(24-2)10-8-16/h4-10,13H,11-12H2,1-3H3,(H,19,21). The first kappa shape index (κ1) is 18.8. The van der Waals surface area contributed by atoms with Gasteiger partial charge in [0.15, 0.2) is 0 Å². The minimum atomic E-state index is -3.47. The number of aryl methyl sites for hydroxylation is 1. The number of amides is 1. The Labute approximate surface area is 148 Å². The number of nitrogens with zero attached hydrogens (tertiary/aromatic N) is 1. The molecule has 0 aliphatic carbocycles. The minimum Gasteiger partial charge on any atom is -0.497 e. The largest absolute Gasteiger partial charge is 0.497 e. The molecule has 7 heteroatoms. The Morgan fingerprint density at radius 1 is 1.16 bits per heavy atom. The third-order valence-corrected chi connectivity index (χ3v) is 4.84. The lowest BCUT2D eigenvalue weighted by molar-refractivity contribution is 0.0954. The Bertz CT molecular complexity index is 832. The number of nitrogens with one attached hydrogen (secondary N) is 1. The number of hydrogen-bond acceptors (Lipinski definition) is 4. The molecule has 0 heterocycles. The number of sulfonamides is 1. The molecule has 0 saturated carbocycles. The van der Waals surface area contributed by atoms with Gasteiger partial charge in [-0.2, -0.15) is 0 Å². The molecule has 0 aliphatic rings. The Morgan fingerprint density at radius 2 is 1.84 bits per heavy atom. The lowest BCUT2D eigenvalue weighted by atomic mass is 10.1. The molecule has 134 valence electrons. The molecule has 0 aliphatic heterocycles. The quantitative estimate of drug-likeness (QED) is 0.819. The van der Waals surface area contributed by atoms with E-state index in [0.29, 0.717) is 17.0 Å². The van der Waals surface area contributed by atoms with Crippen LogP contribution in [-0.2, 0) is 10.0 Å². The fraction of sp³-hybridized carbons (Fsp3) is 0.278. The van der Waals surface area contributed by atoms with Gasteiger partial charge in [-0.05, 0) is 43.3 Å². The van der Waals surface area contributed by atoms with Crippen molar-refractivity contribution >= 4 is 21.6 Å². The highest BCUT2D eigenvalue weighted by atomic mass is 32.2. The molecule has 2 rings (SSSR count). The van der Waals surface area contributed by atoms with Crippen molar-refractivity contribution < 1.29 is 17.9 Å². The Hall–Kier alpha value is -2.54. The molecule has 0 unspecified atom stereocenters. The van der Waals surface area contributed by atoms with Gasteiger partial charge < -0.3 is 10.1 Å². The van der Waals surface area contributed by atoms with Crippen LogP contribution in [0.4, 0.5) is 5.69 Å². The van der Waals surface area contributed by atoms with Crippen LogP contribution in [0, 0.1) is 6.92 Å². The van der Waals surface area contributed by atoms with Gasteiger partial charge in [-0.3, -0.25) is 9.10 Å². The van der Waals surface area contributed by atoms with Crippen LogP contribution in [0.5, 0.6) is 5.75 Å². The molecule has 1 amide bonds. The first-order valence-corrected chi connectivity index (χ1v) is 9.63. The number of hydrogen-bond donors (Lipinski definition) is 1. The molecule has 25 heavy (non-hydrogen) atoms. The summed E-state index contributed by atoms with van der Waals surface area (Å²) >= 11 is 0. The highest BCUT2D eigenvalue weighted by molar-refractivity contribution is 7.92. The van der Waals surface area contributed by atoms with E-state index in [9.17, 15) is 13.2 Å². The van der Waals surface area contributed by atoms with E-state index < -0.39 is 10.0 Å². The predicted molar refractivity (Wildman–Crippen MR) is 98.7 cm³/mol. The maximum atomic E-state index is 12.2. The van der Waals surface area contributed by atoms with E-state index >= 15 is 0 Å². The topological polar surface area (TPSA) is 75.7 Å². The first-order chi connectivity index (χ1) is 11.8. The van der Waals surface area contributed by atoms with Crippen LogP contribution in [0.25, 0.3) is 0 Å². The fourth-order valence-electron chi connectivity index (χ4n) is 2.39. The zero-order valence-corrected chi connectivity index (χ0v) is 15.3. The lowest BCUT2D eigenvalue weighted by Gasteiger charge is -2.22. The van der Waals surface area contributed by atoms with Gasteiger partial charge in [0.2, 0.25) is 10.0 Å². The van der Waals surface area contributed by atoms with Gasteiger partial charge in [-0.15, -0.1) is 0 Å². The fourth-order valence-corrected chi connectivity index (χ4v) is 3.32. The van der Waals surface area contributed by atoms with Gasteiger partial charge in [-0.1, -0.05) is 17.7 Å². The van der Waals surface area contributed by atoms with Crippen LogP contribution in [0.3, 0.4) is 0 Å². The maximum Gasteiger partial charge on any atom is 0.251 e. The van der Waals surface area contributed by atoms with E-state index in [1.165, 1.54) is 4.31 Å². The number of ether oxygens (including phenoxy) is 1. The van der Waals surface area contributed by atoms with Crippen molar-refractivity contribution in [3.05, 3.63) is 59.7 Å². The number of rotatable bonds is 7. The van der Waals surface area contributed by atoms with Crippen molar-refractivity contribution in [1.29, 1.82) is 0 Å². The molecule has 0 bridgehead atoms. The van der Waals surface area contributed by atoms with Crippen molar-refractivity contribution in [2.45, 2.75) is 6.92 Å². The lowest BCUT2D eigenvalue weighted by Crippen LogP contribution is -2.38. The molecule has 0 aromatic heterocycles. The van der Waals surface area contributed by atoms with Gasteiger partial charge in [0.1, 0.15) is 5.75 Å². The number of carbonyl (C=O) groups is 1. The van der Waals surface area contributed by atoms with Crippen molar-refractivity contribution in [2.24, 2.45) is 0 Å². The highest BCUT2D eigenvalue weighted by Gasteiger charge is 2.17. The van der Waals surface area contributed by atoms with E-state index in [4.69, 9.17) is 4.74 Å². The van der Waals surface area contributed by atoms with Crippen molar-refractivity contribution in [2.75, 3.05) is 30.8 Å². The Balaban J connectivity index is 2.04. The number of anilines is 1. The zero-order valence-electron chi connectivity index (χ0n) is 14.5. The second kappa shape index (κ2) is 8.02. The summed E-state index contributed by atoms with van der Waals surface area (Å²) in [6.07, 6.45) is 1.14. The monoisotopic (exact) mass is 362 g/mol. The van der Waals surface area contributed by atoms with Crippen LogP contribution >= 0.6 is 0 Å². The average molecular weight is 362 g/mol. The third-order valence-electron chi connectivity index (χ3n) is 3.64. The summed E-state index contributed by atoms with van der Waals surface area (Å²) in [7, 11) is -1.92. The second-order valence-electron chi connectivity index (χ2n) is 5.66. The average Bonchev–Trinajstić information content (AvgIpc) is 2.57. The second-order valence-corrected chi connectivity index (χ2v) is 7.57. The van der Waals surface area contributed by atoms with Crippen molar-refractivity contribution in [3.8, 4) is 5.75 Å². The SMILES string of the molecule is COc1ccc(N(CCNC(=O)c2cccc(C)c2)S(C)(=O)=O)cc1. The summed E-state index contributed by atoms with van der Waals surface area (Å²) in [6, 6.07) is 14.0. The first-order valence-electron chi connectivity index (χ1n) is 7.78. The Morgan fingerprint density at radius 3 is 2.40 bits per heavy atom. The molecular formula is C18H22N2O4S.